The van der Waals surface area contributed by atoms with Gasteiger partial charge in [0.25, 0.3) is 5.91 Å². The Morgan fingerprint density at radius 2 is 1.71 bits per heavy atom. The SMILES string of the molecule is C/C(=N\OCc1ccccc1)c1ccc(OCC(=O)N(C)C)cc1. The molecule has 126 valence electrons. The Balaban J connectivity index is 1.87. The molecule has 2 aromatic rings. The second-order valence-electron chi connectivity index (χ2n) is 5.54. The summed E-state index contributed by atoms with van der Waals surface area (Å²) in [5.41, 5.74) is 2.79. The van der Waals surface area contributed by atoms with Gasteiger partial charge >= 0.3 is 0 Å². The monoisotopic (exact) mass is 326 g/mol. The van der Waals surface area contributed by atoms with Gasteiger partial charge in [-0.1, -0.05) is 35.5 Å². The lowest BCUT2D eigenvalue weighted by Gasteiger charge is -2.11. The van der Waals surface area contributed by atoms with E-state index in [0.717, 1.165) is 16.8 Å². The van der Waals surface area contributed by atoms with Gasteiger partial charge in [0.1, 0.15) is 12.4 Å². The highest BCUT2D eigenvalue weighted by atomic mass is 16.6. The third kappa shape index (κ3) is 5.43. The molecule has 0 heterocycles. The van der Waals surface area contributed by atoms with Crippen LogP contribution in [0.15, 0.2) is 59.8 Å². The Labute approximate surface area is 142 Å². The third-order valence-electron chi connectivity index (χ3n) is 3.41. The van der Waals surface area contributed by atoms with Gasteiger partial charge in [-0.15, -0.1) is 0 Å². The quantitative estimate of drug-likeness (QED) is 0.580. The van der Waals surface area contributed by atoms with Crippen LogP contribution >= 0.6 is 0 Å². The zero-order valence-corrected chi connectivity index (χ0v) is 14.2. The van der Waals surface area contributed by atoms with Gasteiger partial charge < -0.3 is 14.5 Å². The normalized spacial score (nSPS) is 11.0. The van der Waals surface area contributed by atoms with Crippen LogP contribution in [0.2, 0.25) is 0 Å². The lowest BCUT2D eigenvalue weighted by Crippen LogP contribution is -2.27. The first-order valence-corrected chi connectivity index (χ1v) is 7.70. The highest BCUT2D eigenvalue weighted by Crippen LogP contribution is 2.13. The van der Waals surface area contributed by atoms with E-state index in [0.29, 0.717) is 12.4 Å². The Morgan fingerprint density at radius 3 is 2.33 bits per heavy atom. The molecule has 0 bridgehead atoms. The van der Waals surface area contributed by atoms with Crippen LogP contribution in [0.5, 0.6) is 5.75 Å². The van der Waals surface area contributed by atoms with Crippen LogP contribution in [0, 0.1) is 0 Å². The van der Waals surface area contributed by atoms with E-state index in [1.54, 1.807) is 14.1 Å². The van der Waals surface area contributed by atoms with Crippen molar-refractivity contribution in [3.05, 3.63) is 65.7 Å². The number of ether oxygens (including phenoxy) is 1. The minimum atomic E-state index is -0.0777. The summed E-state index contributed by atoms with van der Waals surface area (Å²) in [6.07, 6.45) is 0. The van der Waals surface area contributed by atoms with Crippen LogP contribution < -0.4 is 4.74 Å². The van der Waals surface area contributed by atoms with Crippen LogP contribution in [-0.2, 0) is 16.2 Å². The molecule has 2 aromatic carbocycles. The van der Waals surface area contributed by atoms with E-state index in [2.05, 4.69) is 5.16 Å². The predicted molar refractivity (Wildman–Crippen MR) is 94.1 cm³/mol. The Kier molecular flexibility index (Phi) is 6.37. The van der Waals surface area contributed by atoms with Crippen LogP contribution in [0.25, 0.3) is 0 Å². The topological polar surface area (TPSA) is 51.1 Å². The fraction of sp³-hybridized carbons (Fsp3) is 0.263. The van der Waals surface area contributed by atoms with Gasteiger partial charge in [-0.25, -0.2) is 0 Å². The average molecular weight is 326 g/mol. The highest BCUT2D eigenvalue weighted by molar-refractivity contribution is 5.98. The number of hydrogen-bond donors (Lipinski definition) is 0. The summed E-state index contributed by atoms with van der Waals surface area (Å²) in [5, 5.41) is 4.13. The molecule has 5 heteroatoms. The van der Waals surface area contributed by atoms with E-state index in [9.17, 15) is 4.79 Å². The maximum atomic E-state index is 11.5. The molecule has 0 spiro atoms. The first kappa shape index (κ1) is 17.5. The lowest BCUT2D eigenvalue weighted by molar-refractivity contribution is -0.130. The van der Waals surface area contributed by atoms with Crippen LogP contribution in [-0.4, -0.2) is 37.2 Å². The molecule has 24 heavy (non-hydrogen) atoms. The van der Waals surface area contributed by atoms with Gasteiger partial charge in [-0.3, -0.25) is 4.79 Å². The summed E-state index contributed by atoms with van der Waals surface area (Å²) in [6.45, 7) is 2.35. The van der Waals surface area contributed by atoms with Crippen molar-refractivity contribution >= 4 is 11.6 Å². The van der Waals surface area contributed by atoms with Gasteiger partial charge in [-0.05, 0) is 42.3 Å². The molecule has 0 aromatic heterocycles. The van der Waals surface area contributed by atoms with Gasteiger partial charge in [0.05, 0.1) is 5.71 Å². The molecule has 0 aliphatic rings. The highest BCUT2D eigenvalue weighted by Gasteiger charge is 2.05. The van der Waals surface area contributed by atoms with Gasteiger partial charge in [0.15, 0.2) is 6.61 Å². The zero-order valence-electron chi connectivity index (χ0n) is 14.2. The first-order valence-electron chi connectivity index (χ1n) is 7.70. The van der Waals surface area contributed by atoms with Gasteiger partial charge in [-0.2, -0.15) is 0 Å². The number of nitrogens with zero attached hydrogens (tertiary/aromatic N) is 2. The number of oxime groups is 1. The second-order valence-corrected chi connectivity index (χ2v) is 5.54. The fourth-order valence-electron chi connectivity index (χ4n) is 1.90. The van der Waals surface area contributed by atoms with Crippen molar-refractivity contribution in [2.75, 3.05) is 20.7 Å². The van der Waals surface area contributed by atoms with Crippen LogP contribution in [0.4, 0.5) is 0 Å². The maximum absolute atomic E-state index is 11.5. The molecule has 0 saturated carbocycles. The number of rotatable bonds is 7. The molecular formula is C19H22N2O3. The van der Waals surface area contributed by atoms with Gasteiger partial charge in [0, 0.05) is 14.1 Å². The molecule has 0 aliphatic carbocycles. The Hall–Kier alpha value is -2.82. The van der Waals surface area contributed by atoms with Crippen molar-refractivity contribution in [3.8, 4) is 5.75 Å². The molecule has 0 saturated heterocycles. The molecule has 0 N–H and O–H groups in total. The molecule has 0 radical (unpaired) electrons. The van der Waals surface area contributed by atoms with E-state index in [1.165, 1.54) is 4.90 Å². The van der Waals surface area contributed by atoms with Crippen LogP contribution in [0.1, 0.15) is 18.1 Å². The van der Waals surface area contributed by atoms with Crippen molar-refractivity contribution in [2.45, 2.75) is 13.5 Å². The van der Waals surface area contributed by atoms with Crippen molar-refractivity contribution in [1.29, 1.82) is 0 Å². The van der Waals surface area contributed by atoms with Crippen molar-refractivity contribution in [1.82, 2.24) is 4.90 Å². The van der Waals surface area contributed by atoms with Crippen molar-refractivity contribution in [2.24, 2.45) is 5.16 Å². The van der Waals surface area contributed by atoms with E-state index < -0.39 is 0 Å². The second kappa shape index (κ2) is 8.72. The molecule has 0 unspecified atom stereocenters. The predicted octanol–water partition coefficient (Wildman–Crippen LogP) is 3.09. The molecule has 0 aliphatic heterocycles. The standard InChI is InChI=1S/C19H22N2O3/c1-15(20-24-13-16-7-5-4-6-8-16)17-9-11-18(12-10-17)23-14-19(22)21(2)3/h4-12H,13-14H2,1-3H3/b20-15+. The van der Waals surface area contributed by atoms with E-state index >= 15 is 0 Å². The zero-order chi connectivity index (χ0) is 17.4. The lowest BCUT2D eigenvalue weighted by atomic mass is 10.1. The summed E-state index contributed by atoms with van der Waals surface area (Å²) in [5.74, 6) is 0.568. The smallest absolute Gasteiger partial charge is 0.259 e. The molecule has 0 fully saturated rings. The minimum Gasteiger partial charge on any atom is -0.484 e. The molecule has 5 nitrogen and oxygen atoms in total. The van der Waals surface area contributed by atoms with E-state index in [1.807, 2.05) is 61.5 Å². The summed E-state index contributed by atoms with van der Waals surface area (Å²) in [4.78, 5) is 18.4. The Bertz CT molecular complexity index is 680. The summed E-state index contributed by atoms with van der Waals surface area (Å²) in [7, 11) is 3.40. The van der Waals surface area contributed by atoms with Crippen molar-refractivity contribution in [3.63, 3.8) is 0 Å². The van der Waals surface area contributed by atoms with E-state index in [4.69, 9.17) is 9.57 Å². The minimum absolute atomic E-state index is 0.0274. The number of amides is 1. The molecule has 0 atom stereocenters. The number of hydrogen-bond acceptors (Lipinski definition) is 4. The largest absolute Gasteiger partial charge is 0.484 e. The summed E-state index contributed by atoms with van der Waals surface area (Å²) in [6, 6.07) is 17.3. The number of carbonyl (C=O) groups is 1. The number of likely N-dealkylation sites (N-methyl/N-ethyl adjacent to an activating group) is 1. The van der Waals surface area contributed by atoms with Crippen LogP contribution in [0.3, 0.4) is 0 Å². The summed E-state index contributed by atoms with van der Waals surface area (Å²) >= 11 is 0. The number of carbonyl (C=O) groups excluding carboxylic acids is 1. The Morgan fingerprint density at radius 1 is 1.04 bits per heavy atom. The van der Waals surface area contributed by atoms with Gasteiger partial charge in [0.2, 0.25) is 0 Å². The summed E-state index contributed by atoms with van der Waals surface area (Å²) < 4.78 is 5.44. The fourth-order valence-corrected chi connectivity index (χ4v) is 1.90. The molecule has 2 rings (SSSR count). The maximum Gasteiger partial charge on any atom is 0.259 e. The van der Waals surface area contributed by atoms with E-state index in [-0.39, 0.29) is 12.5 Å². The third-order valence-corrected chi connectivity index (χ3v) is 3.41. The van der Waals surface area contributed by atoms with Crippen molar-refractivity contribution < 1.29 is 14.4 Å². The number of benzene rings is 2. The first-order chi connectivity index (χ1) is 11.6. The molecule has 1 amide bonds. The average Bonchev–Trinajstić information content (AvgIpc) is 2.60. The molecular weight excluding hydrogens is 304 g/mol.